The first kappa shape index (κ1) is 16.4. The molecule has 1 aromatic rings. The third kappa shape index (κ3) is 3.81. The lowest BCUT2D eigenvalue weighted by atomic mass is 9.97. The third-order valence-corrected chi connectivity index (χ3v) is 6.09. The van der Waals surface area contributed by atoms with Crippen molar-refractivity contribution in [3.05, 3.63) is 12.2 Å². The summed E-state index contributed by atoms with van der Waals surface area (Å²) >= 11 is 0. The monoisotopic (exact) mass is 316 g/mol. The van der Waals surface area contributed by atoms with Gasteiger partial charge in [-0.1, -0.05) is 0 Å². The largest absolute Gasteiger partial charge is 0.381 e. The maximum absolute atomic E-state index is 12.3. The summed E-state index contributed by atoms with van der Waals surface area (Å²) < 4.78 is 33.2. The van der Waals surface area contributed by atoms with Crippen LogP contribution in [0.25, 0.3) is 0 Å². The number of aromatic nitrogens is 3. The Morgan fingerprint density at radius 1 is 1.43 bits per heavy atom. The number of nitrogens with zero attached hydrogens (tertiary/aromatic N) is 4. The van der Waals surface area contributed by atoms with Crippen molar-refractivity contribution in [2.24, 2.45) is 0 Å². The van der Waals surface area contributed by atoms with Crippen molar-refractivity contribution in [3.8, 4) is 0 Å². The van der Waals surface area contributed by atoms with E-state index in [2.05, 4.69) is 17.1 Å². The molecule has 0 bridgehead atoms. The lowest BCUT2D eigenvalue weighted by molar-refractivity contribution is 0.134. The van der Waals surface area contributed by atoms with Gasteiger partial charge in [-0.25, -0.2) is 12.7 Å². The normalized spacial score (nSPS) is 19.8. The molecule has 0 aliphatic carbocycles. The van der Waals surface area contributed by atoms with Gasteiger partial charge in [0, 0.05) is 32.7 Å². The molecular weight excluding hydrogens is 292 g/mol. The van der Waals surface area contributed by atoms with Gasteiger partial charge in [-0.3, -0.25) is 0 Å². The fourth-order valence-electron chi connectivity index (χ4n) is 2.69. The molecule has 1 aromatic heterocycles. The molecule has 0 amide bonds. The first-order valence-electron chi connectivity index (χ1n) is 7.36. The molecule has 21 heavy (non-hydrogen) atoms. The third-order valence-electron chi connectivity index (χ3n) is 4.05. The van der Waals surface area contributed by atoms with Gasteiger partial charge in [-0.05, 0) is 26.7 Å². The summed E-state index contributed by atoms with van der Waals surface area (Å²) in [7, 11) is -1.71. The summed E-state index contributed by atoms with van der Waals surface area (Å²) in [6.07, 6.45) is 3.04. The minimum atomic E-state index is -3.24. The molecule has 0 spiro atoms. The Kier molecular flexibility index (Phi) is 5.34. The van der Waals surface area contributed by atoms with Gasteiger partial charge in [0.25, 0.3) is 0 Å². The molecule has 2 heterocycles. The molecule has 0 saturated carbocycles. The number of methoxy groups -OCH3 is 1. The molecule has 7 nitrogen and oxygen atoms in total. The van der Waals surface area contributed by atoms with Gasteiger partial charge in [-0.2, -0.15) is 0 Å². The van der Waals surface area contributed by atoms with E-state index in [1.807, 2.05) is 4.57 Å². The highest BCUT2D eigenvalue weighted by Gasteiger charge is 2.31. The standard InChI is InChI=1S/C13H24N4O3S/c1-4-16-10-14-15-13(16)12-5-7-17(8-6-12)21(18,19)9-11(2)20-3/h10-12H,4-9H2,1-3H3. The lowest BCUT2D eigenvalue weighted by Crippen LogP contribution is -2.41. The van der Waals surface area contributed by atoms with Crippen LogP contribution in [-0.4, -0.2) is 59.5 Å². The average molecular weight is 316 g/mol. The van der Waals surface area contributed by atoms with E-state index in [1.165, 1.54) is 7.11 Å². The van der Waals surface area contributed by atoms with Crippen molar-refractivity contribution < 1.29 is 13.2 Å². The molecule has 1 atom stereocenters. The number of hydrogen-bond donors (Lipinski definition) is 0. The van der Waals surface area contributed by atoms with Crippen LogP contribution in [0.3, 0.4) is 0 Å². The molecule has 0 radical (unpaired) electrons. The van der Waals surface area contributed by atoms with E-state index >= 15 is 0 Å². The molecule has 1 aliphatic rings. The summed E-state index contributed by atoms with van der Waals surface area (Å²) in [5.41, 5.74) is 0. The highest BCUT2D eigenvalue weighted by Crippen LogP contribution is 2.28. The molecule has 1 unspecified atom stereocenters. The summed E-state index contributed by atoms with van der Waals surface area (Å²) in [5.74, 6) is 1.30. The maximum Gasteiger partial charge on any atom is 0.216 e. The molecular formula is C13H24N4O3S. The summed E-state index contributed by atoms with van der Waals surface area (Å²) in [5, 5.41) is 8.14. The quantitative estimate of drug-likeness (QED) is 0.777. The van der Waals surface area contributed by atoms with Crippen LogP contribution in [0.1, 0.15) is 38.4 Å². The summed E-state index contributed by atoms with van der Waals surface area (Å²) in [6, 6.07) is 0. The van der Waals surface area contributed by atoms with Gasteiger partial charge < -0.3 is 9.30 Å². The van der Waals surface area contributed by atoms with Crippen molar-refractivity contribution in [1.82, 2.24) is 19.1 Å². The van der Waals surface area contributed by atoms with Crippen molar-refractivity contribution >= 4 is 10.0 Å². The molecule has 2 rings (SSSR count). The molecule has 0 aromatic carbocycles. The average Bonchev–Trinajstić information content (AvgIpc) is 2.95. The number of hydrogen-bond acceptors (Lipinski definition) is 5. The van der Waals surface area contributed by atoms with Crippen LogP contribution < -0.4 is 0 Å². The Labute approximate surface area is 126 Å². The topological polar surface area (TPSA) is 77.3 Å². The minimum Gasteiger partial charge on any atom is -0.381 e. The Balaban J connectivity index is 1.97. The second-order valence-electron chi connectivity index (χ2n) is 5.47. The van der Waals surface area contributed by atoms with Crippen LogP contribution in [0, 0.1) is 0 Å². The minimum absolute atomic E-state index is 0.0410. The number of rotatable bonds is 6. The lowest BCUT2D eigenvalue weighted by Gasteiger charge is -2.31. The molecule has 8 heteroatoms. The van der Waals surface area contributed by atoms with E-state index in [-0.39, 0.29) is 11.9 Å². The molecule has 1 aliphatic heterocycles. The van der Waals surface area contributed by atoms with Crippen molar-refractivity contribution in [2.75, 3.05) is 26.0 Å². The molecule has 1 fully saturated rings. The van der Waals surface area contributed by atoms with E-state index in [4.69, 9.17) is 4.74 Å². The fraction of sp³-hybridized carbons (Fsp3) is 0.846. The SMILES string of the molecule is CCn1cnnc1C1CCN(S(=O)(=O)CC(C)OC)CC1. The number of piperidine rings is 1. The first-order valence-corrected chi connectivity index (χ1v) is 8.97. The van der Waals surface area contributed by atoms with E-state index < -0.39 is 10.0 Å². The highest BCUT2D eigenvalue weighted by atomic mass is 32.2. The van der Waals surface area contributed by atoms with E-state index in [0.717, 1.165) is 25.2 Å². The zero-order valence-corrected chi connectivity index (χ0v) is 13.7. The van der Waals surface area contributed by atoms with Gasteiger partial charge in [0.1, 0.15) is 12.2 Å². The predicted molar refractivity (Wildman–Crippen MR) is 79.5 cm³/mol. The predicted octanol–water partition coefficient (Wildman–Crippen LogP) is 0.842. The zero-order chi connectivity index (χ0) is 15.5. The Morgan fingerprint density at radius 2 is 2.10 bits per heavy atom. The van der Waals surface area contributed by atoms with Crippen molar-refractivity contribution in [1.29, 1.82) is 0 Å². The van der Waals surface area contributed by atoms with Crippen LogP contribution in [0.2, 0.25) is 0 Å². The van der Waals surface area contributed by atoms with Gasteiger partial charge in [0.2, 0.25) is 10.0 Å². The zero-order valence-electron chi connectivity index (χ0n) is 12.9. The maximum atomic E-state index is 12.3. The van der Waals surface area contributed by atoms with Gasteiger partial charge in [-0.15, -0.1) is 10.2 Å². The van der Waals surface area contributed by atoms with E-state index in [0.29, 0.717) is 19.0 Å². The van der Waals surface area contributed by atoms with Crippen LogP contribution in [0.15, 0.2) is 6.33 Å². The second kappa shape index (κ2) is 6.85. The van der Waals surface area contributed by atoms with Crippen molar-refractivity contribution in [2.45, 2.75) is 45.3 Å². The van der Waals surface area contributed by atoms with Gasteiger partial charge >= 0.3 is 0 Å². The Hall–Kier alpha value is -0.990. The Morgan fingerprint density at radius 3 is 2.67 bits per heavy atom. The Bertz CT molecular complexity index is 550. The first-order chi connectivity index (χ1) is 9.97. The molecule has 1 saturated heterocycles. The van der Waals surface area contributed by atoms with Gasteiger partial charge in [0.15, 0.2) is 0 Å². The van der Waals surface area contributed by atoms with Gasteiger partial charge in [0.05, 0.1) is 11.9 Å². The summed E-state index contributed by atoms with van der Waals surface area (Å²) in [4.78, 5) is 0. The number of aryl methyl sites for hydroxylation is 1. The molecule has 120 valence electrons. The smallest absolute Gasteiger partial charge is 0.216 e. The van der Waals surface area contributed by atoms with Crippen LogP contribution in [-0.2, 0) is 21.3 Å². The number of sulfonamides is 1. The number of ether oxygens (including phenoxy) is 1. The van der Waals surface area contributed by atoms with E-state index in [9.17, 15) is 8.42 Å². The second-order valence-corrected chi connectivity index (χ2v) is 7.49. The highest BCUT2D eigenvalue weighted by molar-refractivity contribution is 7.89. The van der Waals surface area contributed by atoms with Crippen LogP contribution in [0.4, 0.5) is 0 Å². The van der Waals surface area contributed by atoms with Crippen molar-refractivity contribution in [3.63, 3.8) is 0 Å². The molecule has 0 N–H and O–H groups in total. The fourth-order valence-corrected chi connectivity index (χ4v) is 4.39. The van der Waals surface area contributed by atoms with E-state index in [1.54, 1.807) is 17.6 Å². The van der Waals surface area contributed by atoms with Crippen LogP contribution >= 0.6 is 0 Å². The summed E-state index contributed by atoms with van der Waals surface area (Å²) in [6.45, 7) is 5.75. The van der Waals surface area contributed by atoms with Crippen LogP contribution in [0.5, 0.6) is 0 Å².